The van der Waals surface area contributed by atoms with Gasteiger partial charge in [-0.15, -0.1) is 0 Å². The fourth-order valence-corrected chi connectivity index (χ4v) is 7.60. The molecule has 2 N–H and O–H groups in total. The fourth-order valence-electron chi connectivity index (χ4n) is 6.55. The standard InChI is InChI=1S/C19H30N4O3S/c1-2-27(25,26)22-19-9-14-6-15(10-19)8-18(7-14,13-19)21-12-17(24)23-5-3-4-16(23)11-20/h14-16,21-22H,2-10,12-13H2,1H3. The maximum atomic E-state index is 12.7. The Morgan fingerprint density at radius 3 is 2.52 bits per heavy atom. The number of amides is 1. The van der Waals surface area contributed by atoms with E-state index in [-0.39, 0.29) is 35.3 Å². The first kappa shape index (κ1) is 19.2. The van der Waals surface area contributed by atoms with Crippen LogP contribution in [0, 0.1) is 23.2 Å². The molecule has 8 heteroatoms. The Bertz CT molecular complexity index is 745. The average molecular weight is 395 g/mol. The Morgan fingerprint density at radius 2 is 1.89 bits per heavy atom. The molecule has 1 aliphatic heterocycles. The van der Waals surface area contributed by atoms with E-state index in [1.165, 1.54) is 6.42 Å². The van der Waals surface area contributed by atoms with Gasteiger partial charge < -0.3 is 10.2 Å². The molecule has 0 aromatic heterocycles. The van der Waals surface area contributed by atoms with Crippen LogP contribution < -0.4 is 10.0 Å². The first-order chi connectivity index (χ1) is 12.8. The third-order valence-electron chi connectivity index (χ3n) is 7.15. The van der Waals surface area contributed by atoms with Crippen LogP contribution in [0.5, 0.6) is 0 Å². The second kappa shape index (κ2) is 6.71. The van der Waals surface area contributed by atoms with Crippen LogP contribution in [0.25, 0.3) is 0 Å². The molecule has 0 aromatic rings. The van der Waals surface area contributed by atoms with Gasteiger partial charge in [-0.1, -0.05) is 0 Å². The van der Waals surface area contributed by atoms with E-state index in [1.54, 1.807) is 11.8 Å². The molecular formula is C19H30N4O3S. The van der Waals surface area contributed by atoms with Gasteiger partial charge in [-0.2, -0.15) is 5.26 Å². The predicted molar refractivity (Wildman–Crippen MR) is 101 cm³/mol. The lowest BCUT2D eigenvalue weighted by Gasteiger charge is -2.62. The van der Waals surface area contributed by atoms with Gasteiger partial charge in [0.15, 0.2) is 0 Å². The summed E-state index contributed by atoms with van der Waals surface area (Å²) in [7, 11) is -3.25. The zero-order valence-corrected chi connectivity index (χ0v) is 16.9. The maximum Gasteiger partial charge on any atom is 0.237 e. The van der Waals surface area contributed by atoms with Crippen molar-refractivity contribution in [3.8, 4) is 6.07 Å². The maximum absolute atomic E-state index is 12.7. The number of hydrogen-bond donors (Lipinski definition) is 2. The third-order valence-corrected chi connectivity index (χ3v) is 8.65. The van der Waals surface area contributed by atoms with Crippen molar-refractivity contribution in [2.45, 2.75) is 75.4 Å². The van der Waals surface area contributed by atoms with E-state index < -0.39 is 10.0 Å². The number of nitriles is 1. The van der Waals surface area contributed by atoms with Gasteiger partial charge in [-0.05, 0) is 70.1 Å². The van der Waals surface area contributed by atoms with Crippen molar-refractivity contribution < 1.29 is 13.2 Å². The number of sulfonamides is 1. The monoisotopic (exact) mass is 394 g/mol. The van der Waals surface area contributed by atoms with Gasteiger partial charge in [-0.3, -0.25) is 4.79 Å². The zero-order valence-electron chi connectivity index (χ0n) is 16.0. The number of likely N-dealkylation sites (tertiary alicyclic amines) is 1. The summed E-state index contributed by atoms with van der Waals surface area (Å²) in [6, 6.07) is 1.93. The van der Waals surface area contributed by atoms with Crippen molar-refractivity contribution in [2.75, 3.05) is 18.8 Å². The summed E-state index contributed by atoms with van der Waals surface area (Å²) in [5.74, 6) is 1.14. The van der Waals surface area contributed by atoms with E-state index in [2.05, 4.69) is 16.1 Å². The topological polar surface area (TPSA) is 102 Å². The molecule has 7 nitrogen and oxygen atoms in total. The van der Waals surface area contributed by atoms with Crippen LogP contribution in [0.1, 0.15) is 58.3 Å². The van der Waals surface area contributed by atoms with Crippen molar-refractivity contribution >= 4 is 15.9 Å². The molecule has 5 rings (SSSR count). The highest BCUT2D eigenvalue weighted by Gasteiger charge is 2.58. The van der Waals surface area contributed by atoms with Crippen LogP contribution >= 0.6 is 0 Å². The molecule has 0 aromatic carbocycles. The van der Waals surface area contributed by atoms with Crippen molar-refractivity contribution in [1.82, 2.24) is 14.9 Å². The van der Waals surface area contributed by atoms with Crippen LogP contribution in [0.15, 0.2) is 0 Å². The van der Waals surface area contributed by atoms with Crippen molar-refractivity contribution in [3.63, 3.8) is 0 Å². The zero-order chi connectivity index (χ0) is 19.3. The molecule has 27 heavy (non-hydrogen) atoms. The number of carbonyl (C=O) groups excluding carboxylic acids is 1. The van der Waals surface area contributed by atoms with Crippen LogP contribution in [0.3, 0.4) is 0 Å². The summed E-state index contributed by atoms with van der Waals surface area (Å²) in [6.07, 6.45) is 7.48. The van der Waals surface area contributed by atoms with Crippen molar-refractivity contribution in [2.24, 2.45) is 11.8 Å². The van der Waals surface area contributed by atoms with E-state index in [9.17, 15) is 18.5 Å². The number of nitrogens with zero attached hydrogens (tertiary/aromatic N) is 2. The third kappa shape index (κ3) is 3.62. The lowest BCUT2D eigenvalue weighted by molar-refractivity contribution is -0.131. The van der Waals surface area contributed by atoms with Gasteiger partial charge in [0, 0.05) is 17.6 Å². The number of hydrogen-bond acceptors (Lipinski definition) is 5. The minimum Gasteiger partial charge on any atom is -0.326 e. The number of rotatable bonds is 6. The van der Waals surface area contributed by atoms with E-state index in [4.69, 9.17) is 0 Å². The molecule has 4 bridgehead atoms. The fraction of sp³-hybridized carbons (Fsp3) is 0.895. The Balaban J connectivity index is 1.46. The lowest BCUT2D eigenvalue weighted by Crippen LogP contribution is -2.69. The summed E-state index contributed by atoms with van der Waals surface area (Å²) in [6.45, 7) is 2.59. The van der Waals surface area contributed by atoms with Crippen LogP contribution in [-0.4, -0.2) is 55.2 Å². The predicted octanol–water partition coefficient (Wildman–Crippen LogP) is 1.12. The highest BCUT2D eigenvalue weighted by Crippen LogP contribution is 2.57. The molecule has 0 spiro atoms. The molecule has 3 unspecified atom stereocenters. The SMILES string of the molecule is CCS(=O)(=O)NC12CC3CC(CC(NCC(=O)N4CCCC4C#N)(C3)C1)C2. The van der Waals surface area contributed by atoms with E-state index in [0.717, 1.165) is 44.9 Å². The molecule has 3 atom stereocenters. The Morgan fingerprint density at radius 1 is 1.22 bits per heavy atom. The molecule has 1 amide bonds. The summed E-state index contributed by atoms with van der Waals surface area (Å²) >= 11 is 0. The average Bonchev–Trinajstić information content (AvgIpc) is 3.06. The molecule has 150 valence electrons. The Kier molecular flexibility index (Phi) is 4.76. The van der Waals surface area contributed by atoms with Gasteiger partial charge in [0.05, 0.1) is 18.4 Å². The van der Waals surface area contributed by atoms with E-state index in [1.807, 2.05) is 0 Å². The first-order valence-electron chi connectivity index (χ1n) is 10.2. The van der Waals surface area contributed by atoms with E-state index >= 15 is 0 Å². The van der Waals surface area contributed by atoms with Gasteiger partial charge in [0.25, 0.3) is 0 Å². The van der Waals surface area contributed by atoms with Crippen molar-refractivity contribution in [1.29, 1.82) is 5.26 Å². The van der Waals surface area contributed by atoms with Crippen molar-refractivity contribution in [3.05, 3.63) is 0 Å². The van der Waals surface area contributed by atoms with Gasteiger partial charge in [-0.25, -0.2) is 13.1 Å². The number of carbonyl (C=O) groups is 1. The minimum absolute atomic E-state index is 0.00187. The number of nitrogens with one attached hydrogen (secondary N) is 2. The quantitative estimate of drug-likeness (QED) is 0.703. The van der Waals surface area contributed by atoms with E-state index in [0.29, 0.717) is 18.4 Å². The molecule has 1 heterocycles. The van der Waals surface area contributed by atoms with Crippen LogP contribution in [-0.2, 0) is 14.8 Å². The Labute approximate surface area is 161 Å². The second-order valence-electron chi connectivity index (χ2n) is 9.25. The summed E-state index contributed by atoms with van der Waals surface area (Å²) in [5.41, 5.74) is -0.504. The molecule has 1 saturated heterocycles. The summed E-state index contributed by atoms with van der Waals surface area (Å²) in [5, 5.41) is 12.8. The minimum atomic E-state index is -3.25. The normalized spacial score (nSPS) is 40.3. The first-order valence-corrected chi connectivity index (χ1v) is 11.9. The molecule has 4 aliphatic carbocycles. The molecule has 5 fully saturated rings. The van der Waals surface area contributed by atoms with Crippen LogP contribution in [0.4, 0.5) is 0 Å². The van der Waals surface area contributed by atoms with Crippen LogP contribution in [0.2, 0.25) is 0 Å². The highest BCUT2D eigenvalue weighted by molar-refractivity contribution is 7.89. The largest absolute Gasteiger partial charge is 0.326 e. The van der Waals surface area contributed by atoms with Gasteiger partial charge >= 0.3 is 0 Å². The summed E-state index contributed by atoms with van der Waals surface area (Å²) < 4.78 is 27.6. The lowest BCUT2D eigenvalue weighted by atomic mass is 9.50. The molecule has 5 aliphatic rings. The second-order valence-corrected chi connectivity index (χ2v) is 11.3. The van der Waals surface area contributed by atoms with Gasteiger partial charge in [0.1, 0.15) is 6.04 Å². The Hall–Kier alpha value is -1.17. The molecular weight excluding hydrogens is 364 g/mol. The smallest absolute Gasteiger partial charge is 0.237 e. The molecule has 4 saturated carbocycles. The summed E-state index contributed by atoms with van der Waals surface area (Å²) in [4.78, 5) is 14.4. The van der Waals surface area contributed by atoms with Gasteiger partial charge in [0.2, 0.25) is 15.9 Å². The highest BCUT2D eigenvalue weighted by atomic mass is 32.2. The molecule has 0 radical (unpaired) electrons.